The van der Waals surface area contributed by atoms with Crippen molar-refractivity contribution in [2.45, 2.75) is 77.5 Å². The number of aliphatic hydroxyl groups is 1. The molecule has 8 heteroatoms. The van der Waals surface area contributed by atoms with Gasteiger partial charge < -0.3 is 15.3 Å². The van der Waals surface area contributed by atoms with Crippen LogP contribution < -0.4 is 5.32 Å². The van der Waals surface area contributed by atoms with Gasteiger partial charge in [0.1, 0.15) is 5.69 Å². The summed E-state index contributed by atoms with van der Waals surface area (Å²) in [5.74, 6) is 0.691. The topological polar surface area (TPSA) is 107 Å². The van der Waals surface area contributed by atoms with Crippen LogP contribution in [0.25, 0.3) is 11.3 Å². The smallest absolute Gasteiger partial charge is 0.237 e. The monoisotopic (exact) mass is 538 g/mol. The third-order valence-electron chi connectivity index (χ3n) is 10.2. The molecule has 1 amide bonds. The molecule has 1 saturated carbocycles. The molecular weight excluding hydrogens is 500 g/mol. The molecule has 0 unspecified atom stereocenters. The largest absolute Gasteiger partial charge is 0.393 e. The first-order chi connectivity index (χ1) is 19.2. The van der Waals surface area contributed by atoms with Gasteiger partial charge in [0.05, 0.1) is 23.8 Å². The van der Waals surface area contributed by atoms with E-state index in [0.717, 1.165) is 40.9 Å². The molecular formula is C32H38N6O2. The van der Waals surface area contributed by atoms with Gasteiger partial charge in [0.15, 0.2) is 6.19 Å². The number of para-hydroxylation sites is 1. The van der Waals surface area contributed by atoms with Crippen LogP contribution in [0.4, 0.5) is 5.69 Å². The lowest BCUT2D eigenvalue weighted by Crippen LogP contribution is -2.60. The minimum atomic E-state index is -0.915. The Labute approximate surface area is 236 Å². The number of anilines is 1. The van der Waals surface area contributed by atoms with Gasteiger partial charge in [-0.1, -0.05) is 36.4 Å². The van der Waals surface area contributed by atoms with Gasteiger partial charge in [-0.2, -0.15) is 5.26 Å². The van der Waals surface area contributed by atoms with Crippen LogP contribution in [0, 0.1) is 50.0 Å². The maximum Gasteiger partial charge on any atom is 0.237 e. The molecule has 2 aromatic carbocycles. The van der Waals surface area contributed by atoms with Gasteiger partial charge in [-0.3, -0.25) is 9.48 Å². The second-order valence-corrected chi connectivity index (χ2v) is 12.3. The summed E-state index contributed by atoms with van der Waals surface area (Å²) in [6.07, 6.45) is 6.96. The molecule has 3 heterocycles. The number of piperidine rings is 1. The predicted octanol–water partition coefficient (Wildman–Crippen LogP) is 4.73. The van der Waals surface area contributed by atoms with Crippen molar-refractivity contribution in [3.63, 3.8) is 0 Å². The quantitative estimate of drug-likeness (QED) is 0.455. The predicted molar refractivity (Wildman–Crippen MR) is 153 cm³/mol. The molecule has 8 nitrogen and oxygen atoms in total. The lowest BCUT2D eigenvalue weighted by Gasteiger charge is -2.52. The van der Waals surface area contributed by atoms with Crippen LogP contribution in [0.3, 0.4) is 0 Å². The minimum absolute atomic E-state index is 0.0632. The molecule has 6 atom stereocenters. The number of aromatic nitrogens is 3. The number of aryl methyl sites for hydroxylation is 4. The Morgan fingerprint density at radius 2 is 1.93 bits per heavy atom. The van der Waals surface area contributed by atoms with E-state index in [0.29, 0.717) is 31.8 Å². The van der Waals surface area contributed by atoms with Gasteiger partial charge in [0.2, 0.25) is 5.91 Å². The van der Waals surface area contributed by atoms with Crippen LogP contribution in [0.5, 0.6) is 0 Å². The van der Waals surface area contributed by atoms with E-state index in [1.54, 1.807) is 0 Å². The van der Waals surface area contributed by atoms with Crippen molar-refractivity contribution in [2.75, 3.05) is 11.9 Å². The number of carbonyl (C=O) groups excluding carboxylic acids is 1. The second kappa shape index (κ2) is 10.0. The number of carbonyl (C=O) groups is 1. The molecule has 0 radical (unpaired) electrons. The number of benzene rings is 2. The third kappa shape index (κ3) is 4.19. The van der Waals surface area contributed by atoms with E-state index in [9.17, 15) is 15.2 Å². The molecule has 2 N–H and O–H groups in total. The van der Waals surface area contributed by atoms with Crippen molar-refractivity contribution in [2.24, 2.45) is 17.8 Å². The first-order valence-electron chi connectivity index (χ1n) is 14.5. The number of likely N-dealkylation sites (tertiary alicyclic amines) is 1. The fraction of sp³-hybridized carbons (Fsp3) is 0.500. The summed E-state index contributed by atoms with van der Waals surface area (Å²) in [7, 11) is 0. The summed E-state index contributed by atoms with van der Waals surface area (Å²) in [5, 5.41) is 33.1. The van der Waals surface area contributed by atoms with Crippen LogP contribution in [0.1, 0.15) is 54.9 Å². The fourth-order valence-electron chi connectivity index (χ4n) is 7.69. The van der Waals surface area contributed by atoms with Crippen molar-refractivity contribution in [1.29, 1.82) is 5.26 Å². The highest BCUT2D eigenvalue weighted by Crippen LogP contribution is 2.51. The van der Waals surface area contributed by atoms with Gasteiger partial charge in [-0.25, -0.2) is 0 Å². The summed E-state index contributed by atoms with van der Waals surface area (Å²) in [6.45, 7) is 9.54. The highest BCUT2D eigenvalue weighted by Gasteiger charge is 2.57. The molecule has 2 fully saturated rings. The number of amides is 1. The number of nitrogens with zero attached hydrogens (tertiary/aromatic N) is 5. The number of hydrogen-bond acceptors (Lipinski definition) is 6. The third-order valence-corrected chi connectivity index (χ3v) is 10.2. The molecule has 3 aromatic rings. The van der Waals surface area contributed by atoms with Gasteiger partial charge in [-0.05, 0) is 98.6 Å². The number of fused-ring (bicyclic) bond motifs is 2. The highest BCUT2D eigenvalue weighted by atomic mass is 16.3. The molecule has 0 bridgehead atoms. The van der Waals surface area contributed by atoms with E-state index in [-0.39, 0.29) is 29.9 Å². The molecule has 1 aromatic heterocycles. The highest BCUT2D eigenvalue weighted by molar-refractivity contribution is 6.07. The first kappa shape index (κ1) is 26.5. The summed E-state index contributed by atoms with van der Waals surface area (Å²) in [6, 6.07) is 11.9. The van der Waals surface area contributed by atoms with Crippen molar-refractivity contribution < 1.29 is 9.90 Å². The summed E-state index contributed by atoms with van der Waals surface area (Å²) in [4.78, 5) is 15.9. The number of nitrogens with one attached hydrogen (secondary N) is 1. The molecule has 0 spiro atoms. The molecule has 40 heavy (non-hydrogen) atoms. The Balaban J connectivity index is 1.36. The van der Waals surface area contributed by atoms with Crippen molar-refractivity contribution >= 4 is 11.6 Å². The molecule has 2 aliphatic heterocycles. The van der Waals surface area contributed by atoms with E-state index in [1.165, 1.54) is 11.1 Å². The Bertz CT molecular complexity index is 1490. The fourth-order valence-corrected chi connectivity index (χ4v) is 7.69. The zero-order chi connectivity index (χ0) is 28.2. The number of nitriles is 1. The SMILES string of the molecule is Cc1cc(C)c(-c2cn(CC[C@]3([C@@H]4C[C@H]5[C@@H](CC[C@H](O)[C@@H]5C)CN4C#N)C(=O)Nc4ccccc43)nn2)cc1C. The Kier molecular flexibility index (Phi) is 6.66. The summed E-state index contributed by atoms with van der Waals surface area (Å²) in [5.41, 5.74) is 6.33. The summed E-state index contributed by atoms with van der Waals surface area (Å²) < 4.78 is 1.83. The first-order valence-corrected chi connectivity index (χ1v) is 14.5. The van der Waals surface area contributed by atoms with Crippen LogP contribution in [0.15, 0.2) is 42.6 Å². The standard InChI is InChI=1S/C32H38N6O2/c1-19-13-21(3)24(14-20(19)2)28-17-38(36-35-28)12-11-32(26-7-5-6-8-27(26)34-31(32)40)30-15-25-22(4)29(39)10-9-23(25)16-37(30)18-33/h5-8,13-14,17,22-23,25,29-30,39H,9-12,15-16H2,1-4H3,(H,34,40)/t22-,23+,25-,29+,30+,32+/m1/s1. The van der Waals surface area contributed by atoms with E-state index in [2.05, 4.69) is 61.6 Å². The molecule has 1 saturated heterocycles. The summed E-state index contributed by atoms with van der Waals surface area (Å²) >= 11 is 0. The van der Waals surface area contributed by atoms with E-state index < -0.39 is 5.41 Å². The van der Waals surface area contributed by atoms with Gasteiger partial charge in [-0.15, -0.1) is 5.10 Å². The van der Waals surface area contributed by atoms with E-state index >= 15 is 0 Å². The lowest BCUT2D eigenvalue weighted by atomic mass is 9.61. The van der Waals surface area contributed by atoms with Gasteiger partial charge in [0.25, 0.3) is 0 Å². The van der Waals surface area contributed by atoms with E-state index in [1.807, 2.05) is 40.0 Å². The van der Waals surface area contributed by atoms with Gasteiger partial charge >= 0.3 is 0 Å². The normalized spacial score (nSPS) is 29.4. The molecule has 6 rings (SSSR count). The number of rotatable bonds is 5. The average molecular weight is 539 g/mol. The van der Waals surface area contributed by atoms with Gasteiger partial charge in [0, 0.05) is 24.3 Å². The van der Waals surface area contributed by atoms with Crippen molar-refractivity contribution in [1.82, 2.24) is 19.9 Å². The lowest BCUT2D eigenvalue weighted by molar-refractivity contribution is -0.126. The van der Waals surface area contributed by atoms with Crippen molar-refractivity contribution in [3.05, 3.63) is 64.8 Å². The second-order valence-electron chi connectivity index (χ2n) is 12.3. The molecule has 3 aliphatic rings. The van der Waals surface area contributed by atoms with Crippen LogP contribution in [-0.4, -0.2) is 49.6 Å². The van der Waals surface area contributed by atoms with Crippen LogP contribution in [-0.2, 0) is 16.8 Å². The average Bonchev–Trinajstić information content (AvgIpc) is 3.53. The Morgan fingerprint density at radius 1 is 1.15 bits per heavy atom. The Morgan fingerprint density at radius 3 is 2.73 bits per heavy atom. The zero-order valence-corrected chi connectivity index (χ0v) is 23.8. The molecule has 208 valence electrons. The van der Waals surface area contributed by atoms with E-state index in [4.69, 9.17) is 0 Å². The number of aliphatic hydroxyl groups excluding tert-OH is 1. The maximum atomic E-state index is 14.0. The zero-order valence-electron chi connectivity index (χ0n) is 23.8. The minimum Gasteiger partial charge on any atom is -0.393 e. The Hall–Kier alpha value is -3.70. The van der Waals surface area contributed by atoms with Crippen LogP contribution in [0.2, 0.25) is 0 Å². The van der Waals surface area contributed by atoms with Crippen molar-refractivity contribution in [3.8, 4) is 17.5 Å². The number of hydrogen-bond donors (Lipinski definition) is 2. The van der Waals surface area contributed by atoms with Crippen LogP contribution >= 0.6 is 0 Å². The maximum absolute atomic E-state index is 14.0. The molecule has 1 aliphatic carbocycles.